The summed E-state index contributed by atoms with van der Waals surface area (Å²) in [4.78, 5) is 4.75. The Morgan fingerprint density at radius 2 is 2.19 bits per heavy atom. The summed E-state index contributed by atoms with van der Waals surface area (Å²) in [7, 11) is 1.78. The molecular formula is C17H23ClN2O. The first-order valence-corrected chi connectivity index (χ1v) is 8.08. The van der Waals surface area contributed by atoms with Crippen LogP contribution in [0.3, 0.4) is 0 Å². The topological polar surface area (TPSA) is 27.1 Å². The van der Waals surface area contributed by atoms with Crippen molar-refractivity contribution in [3.05, 3.63) is 29.6 Å². The number of alkyl halides is 1. The summed E-state index contributed by atoms with van der Waals surface area (Å²) < 4.78 is 7.61. The summed E-state index contributed by atoms with van der Waals surface area (Å²) in [6.45, 7) is 5.96. The highest BCUT2D eigenvalue weighted by Crippen LogP contribution is 2.51. The van der Waals surface area contributed by atoms with Crippen molar-refractivity contribution in [2.45, 2.75) is 45.0 Å². The van der Waals surface area contributed by atoms with Crippen LogP contribution in [0.2, 0.25) is 0 Å². The highest BCUT2D eigenvalue weighted by Gasteiger charge is 2.43. The predicted octanol–water partition coefficient (Wildman–Crippen LogP) is 4.46. The highest BCUT2D eigenvalue weighted by atomic mass is 35.5. The van der Waals surface area contributed by atoms with Crippen molar-refractivity contribution >= 4 is 22.6 Å². The standard InChI is InChI=1S/C17H23ClN2O/c1-12-4-5-14-15(10-12)20(16(19-14)13(2)18)11-17(6-7-17)8-9-21-3/h4-5,10,13H,6-9,11H2,1-3H3. The van der Waals surface area contributed by atoms with Crippen molar-refractivity contribution in [2.75, 3.05) is 13.7 Å². The second-order valence-corrected chi connectivity index (χ2v) is 7.06. The third kappa shape index (κ3) is 2.95. The smallest absolute Gasteiger partial charge is 0.127 e. The zero-order valence-electron chi connectivity index (χ0n) is 13.0. The second kappa shape index (κ2) is 5.62. The molecule has 0 spiro atoms. The van der Waals surface area contributed by atoms with Gasteiger partial charge in [-0.3, -0.25) is 0 Å². The quantitative estimate of drug-likeness (QED) is 0.737. The maximum Gasteiger partial charge on any atom is 0.127 e. The average Bonchev–Trinajstić information content (AvgIpc) is 3.13. The Hall–Kier alpha value is -1.06. The number of aryl methyl sites for hydroxylation is 1. The molecule has 2 aromatic rings. The van der Waals surface area contributed by atoms with Crippen LogP contribution in [-0.2, 0) is 11.3 Å². The number of benzene rings is 1. The molecule has 1 aromatic carbocycles. The molecule has 4 heteroatoms. The molecule has 1 unspecified atom stereocenters. The molecule has 3 nitrogen and oxygen atoms in total. The van der Waals surface area contributed by atoms with Crippen LogP contribution in [0.15, 0.2) is 18.2 Å². The van der Waals surface area contributed by atoms with Crippen LogP contribution < -0.4 is 0 Å². The van der Waals surface area contributed by atoms with E-state index < -0.39 is 0 Å². The number of halogens is 1. The Morgan fingerprint density at radius 3 is 2.81 bits per heavy atom. The van der Waals surface area contributed by atoms with Crippen LogP contribution in [-0.4, -0.2) is 23.3 Å². The van der Waals surface area contributed by atoms with Crippen molar-refractivity contribution in [3.63, 3.8) is 0 Å². The van der Waals surface area contributed by atoms with Gasteiger partial charge in [0.1, 0.15) is 5.82 Å². The minimum absolute atomic E-state index is 0.0732. The SMILES string of the molecule is COCCC1(Cn2c(C(C)Cl)nc3ccc(C)cc32)CC1. The van der Waals surface area contributed by atoms with Crippen molar-refractivity contribution in [2.24, 2.45) is 5.41 Å². The lowest BCUT2D eigenvalue weighted by atomic mass is 10.0. The predicted molar refractivity (Wildman–Crippen MR) is 86.9 cm³/mol. The van der Waals surface area contributed by atoms with Gasteiger partial charge < -0.3 is 9.30 Å². The monoisotopic (exact) mass is 306 g/mol. The van der Waals surface area contributed by atoms with Crippen LogP contribution in [0.5, 0.6) is 0 Å². The Balaban J connectivity index is 1.99. The Bertz CT molecular complexity index is 644. The second-order valence-electron chi connectivity index (χ2n) is 6.41. The number of hydrogen-bond acceptors (Lipinski definition) is 2. The van der Waals surface area contributed by atoms with E-state index in [4.69, 9.17) is 21.3 Å². The van der Waals surface area contributed by atoms with E-state index in [9.17, 15) is 0 Å². The molecule has 21 heavy (non-hydrogen) atoms. The Kier molecular flexibility index (Phi) is 3.98. The Morgan fingerprint density at radius 1 is 1.43 bits per heavy atom. The molecular weight excluding hydrogens is 284 g/mol. The summed E-state index contributed by atoms with van der Waals surface area (Å²) in [5, 5.41) is -0.0732. The van der Waals surface area contributed by atoms with Crippen molar-refractivity contribution < 1.29 is 4.74 Å². The fourth-order valence-corrected chi connectivity index (χ4v) is 3.21. The van der Waals surface area contributed by atoms with Gasteiger partial charge in [0, 0.05) is 20.3 Å². The van der Waals surface area contributed by atoms with Gasteiger partial charge >= 0.3 is 0 Å². The van der Waals surface area contributed by atoms with E-state index in [-0.39, 0.29) is 5.38 Å². The molecule has 1 heterocycles. The van der Waals surface area contributed by atoms with Gasteiger partial charge in [-0.15, -0.1) is 11.6 Å². The summed E-state index contributed by atoms with van der Waals surface area (Å²) in [6.07, 6.45) is 3.67. The zero-order valence-corrected chi connectivity index (χ0v) is 13.8. The van der Waals surface area contributed by atoms with Crippen LogP contribution in [0.1, 0.15) is 43.0 Å². The molecule has 1 aliphatic carbocycles. The van der Waals surface area contributed by atoms with E-state index >= 15 is 0 Å². The first-order chi connectivity index (χ1) is 10.0. The van der Waals surface area contributed by atoms with Gasteiger partial charge in [-0.25, -0.2) is 4.98 Å². The number of fused-ring (bicyclic) bond motifs is 1. The fourth-order valence-electron chi connectivity index (χ4n) is 3.04. The third-order valence-electron chi connectivity index (χ3n) is 4.58. The average molecular weight is 307 g/mol. The number of nitrogens with zero attached hydrogens (tertiary/aromatic N) is 2. The number of methoxy groups -OCH3 is 1. The summed E-state index contributed by atoms with van der Waals surface area (Å²) in [6, 6.07) is 6.43. The molecule has 0 radical (unpaired) electrons. The number of imidazole rings is 1. The normalized spacial score (nSPS) is 18.1. The molecule has 1 fully saturated rings. The molecule has 3 rings (SSSR count). The van der Waals surface area contributed by atoms with Gasteiger partial charge in [0.25, 0.3) is 0 Å². The molecule has 1 saturated carbocycles. The van der Waals surface area contributed by atoms with Gasteiger partial charge in [-0.2, -0.15) is 0 Å². The van der Waals surface area contributed by atoms with E-state index in [2.05, 4.69) is 29.7 Å². The van der Waals surface area contributed by atoms with Gasteiger partial charge in [-0.05, 0) is 56.2 Å². The van der Waals surface area contributed by atoms with Crippen LogP contribution >= 0.6 is 11.6 Å². The molecule has 114 valence electrons. The summed E-state index contributed by atoms with van der Waals surface area (Å²) in [5.74, 6) is 0.987. The van der Waals surface area contributed by atoms with Gasteiger partial charge in [0.05, 0.1) is 16.4 Å². The zero-order chi connectivity index (χ0) is 15.0. The van der Waals surface area contributed by atoms with Crippen LogP contribution in [0.4, 0.5) is 0 Å². The first-order valence-electron chi connectivity index (χ1n) is 7.64. The van der Waals surface area contributed by atoms with E-state index in [0.717, 1.165) is 30.9 Å². The molecule has 1 aliphatic rings. The highest BCUT2D eigenvalue weighted by molar-refractivity contribution is 6.20. The number of aromatic nitrogens is 2. The van der Waals surface area contributed by atoms with E-state index in [0.29, 0.717) is 5.41 Å². The number of hydrogen-bond donors (Lipinski definition) is 0. The van der Waals surface area contributed by atoms with E-state index in [1.54, 1.807) is 7.11 Å². The first kappa shape index (κ1) is 14.9. The van der Waals surface area contributed by atoms with Crippen LogP contribution in [0.25, 0.3) is 11.0 Å². The minimum atomic E-state index is -0.0732. The number of rotatable bonds is 6. The lowest BCUT2D eigenvalue weighted by molar-refractivity contribution is 0.167. The lowest BCUT2D eigenvalue weighted by Gasteiger charge is -2.19. The van der Waals surface area contributed by atoms with Gasteiger partial charge in [-0.1, -0.05) is 6.07 Å². The summed E-state index contributed by atoms with van der Waals surface area (Å²) >= 11 is 6.37. The van der Waals surface area contributed by atoms with E-state index in [1.807, 2.05) is 6.92 Å². The van der Waals surface area contributed by atoms with E-state index in [1.165, 1.54) is 23.9 Å². The molecule has 0 aliphatic heterocycles. The van der Waals surface area contributed by atoms with Crippen LogP contribution in [0, 0.1) is 12.3 Å². The lowest BCUT2D eigenvalue weighted by Crippen LogP contribution is -2.16. The number of ether oxygens (including phenoxy) is 1. The minimum Gasteiger partial charge on any atom is -0.385 e. The van der Waals surface area contributed by atoms with Crippen molar-refractivity contribution in [1.82, 2.24) is 9.55 Å². The van der Waals surface area contributed by atoms with Gasteiger partial charge in [0.2, 0.25) is 0 Å². The summed E-state index contributed by atoms with van der Waals surface area (Å²) in [5.41, 5.74) is 3.90. The maximum atomic E-state index is 6.37. The van der Waals surface area contributed by atoms with Gasteiger partial charge in [0.15, 0.2) is 0 Å². The Labute approximate surface area is 131 Å². The largest absolute Gasteiger partial charge is 0.385 e. The molecule has 1 aromatic heterocycles. The molecule has 0 amide bonds. The molecule has 0 N–H and O–H groups in total. The fraction of sp³-hybridized carbons (Fsp3) is 0.588. The maximum absolute atomic E-state index is 6.37. The molecule has 1 atom stereocenters. The molecule has 0 saturated heterocycles. The van der Waals surface area contributed by atoms with Crippen molar-refractivity contribution in [1.29, 1.82) is 0 Å². The van der Waals surface area contributed by atoms with Crippen molar-refractivity contribution in [3.8, 4) is 0 Å². The molecule has 0 bridgehead atoms. The third-order valence-corrected chi connectivity index (χ3v) is 4.77.